The van der Waals surface area contributed by atoms with Gasteiger partial charge in [-0.25, -0.2) is 0 Å². The maximum Gasteiger partial charge on any atom is -0.00489 e. The zero-order chi connectivity index (χ0) is 9.82. The van der Waals surface area contributed by atoms with Gasteiger partial charge < -0.3 is 5.73 Å². The Bertz CT molecular complexity index is 56.0. The minimum atomic E-state index is 0.865. The Hall–Kier alpha value is -0.0400. The molecular formula is C11H27N. The summed E-state index contributed by atoms with van der Waals surface area (Å²) in [5.41, 5.74) is 5.50. The molecule has 1 heteroatoms. The number of hydrogen-bond acceptors (Lipinski definition) is 1. The van der Waals surface area contributed by atoms with Crippen molar-refractivity contribution in [3.8, 4) is 0 Å². The molecule has 76 valence electrons. The summed E-state index contributed by atoms with van der Waals surface area (Å²) >= 11 is 0. The van der Waals surface area contributed by atoms with E-state index in [4.69, 9.17) is 5.73 Å². The van der Waals surface area contributed by atoms with Crippen molar-refractivity contribution in [3.63, 3.8) is 0 Å². The highest BCUT2D eigenvalue weighted by Gasteiger charge is 2.09. The monoisotopic (exact) mass is 173 g/mol. The molecule has 0 heterocycles. The lowest BCUT2D eigenvalue weighted by molar-refractivity contribution is 0.366. The second-order valence-electron chi connectivity index (χ2n) is 2.74. The fraction of sp³-hybridized carbons (Fsp3) is 1.00. The summed E-state index contributed by atoms with van der Waals surface area (Å²) in [4.78, 5) is 0. The highest BCUT2D eigenvalue weighted by molar-refractivity contribution is 4.65. The van der Waals surface area contributed by atoms with E-state index in [9.17, 15) is 0 Å². The Balaban J connectivity index is 0. The molecule has 2 N–H and O–H groups in total. The standard InChI is InChI=1S/C7H15N.2C2H6/c8-6-7-4-2-1-3-5-7;2*1-2/h7H,1-6,8H2;2*1-2H3. The maximum absolute atomic E-state index is 5.50. The molecule has 0 aromatic heterocycles. The van der Waals surface area contributed by atoms with E-state index in [-0.39, 0.29) is 0 Å². The molecule has 12 heavy (non-hydrogen) atoms. The molecule has 0 unspecified atom stereocenters. The van der Waals surface area contributed by atoms with E-state index < -0.39 is 0 Å². The maximum atomic E-state index is 5.50. The van der Waals surface area contributed by atoms with Gasteiger partial charge in [-0.1, -0.05) is 47.0 Å². The smallest absolute Gasteiger partial charge is 0.00489 e. The number of nitrogens with two attached hydrogens (primary N) is 1. The zero-order valence-electron chi connectivity index (χ0n) is 9.40. The molecule has 1 aliphatic carbocycles. The van der Waals surface area contributed by atoms with Crippen LogP contribution in [0.4, 0.5) is 0 Å². The molecule has 0 radical (unpaired) electrons. The minimum Gasteiger partial charge on any atom is -0.330 e. The third-order valence-electron chi connectivity index (χ3n) is 2.06. The van der Waals surface area contributed by atoms with E-state index in [1.807, 2.05) is 27.7 Å². The first-order chi connectivity index (χ1) is 5.93. The summed E-state index contributed by atoms with van der Waals surface area (Å²) < 4.78 is 0. The van der Waals surface area contributed by atoms with Gasteiger partial charge in [0, 0.05) is 0 Å². The minimum absolute atomic E-state index is 0.865. The predicted octanol–water partition coefficient (Wildman–Crippen LogP) is 3.58. The highest BCUT2D eigenvalue weighted by Crippen LogP contribution is 2.21. The fourth-order valence-electron chi connectivity index (χ4n) is 1.42. The molecule has 0 spiro atoms. The Morgan fingerprint density at radius 3 is 1.58 bits per heavy atom. The van der Waals surface area contributed by atoms with Crippen molar-refractivity contribution in [3.05, 3.63) is 0 Å². The van der Waals surface area contributed by atoms with Crippen LogP contribution in [0.1, 0.15) is 59.8 Å². The third-order valence-corrected chi connectivity index (χ3v) is 2.06. The van der Waals surface area contributed by atoms with Crippen LogP contribution in [0.5, 0.6) is 0 Å². The highest BCUT2D eigenvalue weighted by atomic mass is 14.5. The van der Waals surface area contributed by atoms with Gasteiger partial charge in [0.25, 0.3) is 0 Å². The van der Waals surface area contributed by atoms with Gasteiger partial charge in [-0.2, -0.15) is 0 Å². The van der Waals surface area contributed by atoms with E-state index in [0.29, 0.717) is 0 Å². The van der Waals surface area contributed by atoms with Crippen LogP contribution >= 0.6 is 0 Å². The van der Waals surface area contributed by atoms with Gasteiger partial charge in [0.2, 0.25) is 0 Å². The Morgan fingerprint density at radius 1 is 0.917 bits per heavy atom. The van der Waals surface area contributed by atoms with Crippen molar-refractivity contribution >= 4 is 0 Å². The Kier molecular flexibility index (Phi) is 16.3. The number of rotatable bonds is 1. The lowest BCUT2D eigenvalue weighted by Gasteiger charge is -2.18. The molecular weight excluding hydrogens is 146 g/mol. The van der Waals surface area contributed by atoms with Crippen LogP contribution in [-0.4, -0.2) is 6.54 Å². The fourth-order valence-corrected chi connectivity index (χ4v) is 1.42. The Labute approximate surface area is 78.7 Å². The first-order valence-electron chi connectivity index (χ1n) is 5.63. The van der Waals surface area contributed by atoms with E-state index >= 15 is 0 Å². The normalized spacial score (nSPS) is 16.8. The lowest BCUT2D eigenvalue weighted by Crippen LogP contribution is -2.16. The molecule has 0 atom stereocenters. The SMILES string of the molecule is CC.CC.NCC1CCCCC1. The molecule has 1 saturated carbocycles. The van der Waals surface area contributed by atoms with Gasteiger partial charge in [0.15, 0.2) is 0 Å². The first kappa shape index (κ1) is 14.5. The van der Waals surface area contributed by atoms with Crippen LogP contribution in [0.25, 0.3) is 0 Å². The van der Waals surface area contributed by atoms with E-state index in [1.54, 1.807) is 0 Å². The quantitative estimate of drug-likeness (QED) is 0.644. The zero-order valence-corrected chi connectivity index (χ0v) is 9.40. The van der Waals surface area contributed by atoms with Crippen LogP contribution < -0.4 is 5.73 Å². The third kappa shape index (κ3) is 8.06. The molecule has 0 aromatic carbocycles. The molecule has 1 rings (SSSR count). The Morgan fingerprint density at radius 2 is 1.33 bits per heavy atom. The lowest BCUT2D eigenvalue weighted by atomic mass is 9.90. The predicted molar refractivity (Wildman–Crippen MR) is 58.3 cm³/mol. The molecule has 1 fully saturated rings. The summed E-state index contributed by atoms with van der Waals surface area (Å²) in [5, 5.41) is 0. The van der Waals surface area contributed by atoms with E-state index in [1.165, 1.54) is 32.1 Å². The van der Waals surface area contributed by atoms with E-state index in [2.05, 4.69) is 0 Å². The molecule has 0 bridgehead atoms. The van der Waals surface area contributed by atoms with Crippen molar-refractivity contribution in [1.29, 1.82) is 0 Å². The second kappa shape index (κ2) is 13.5. The van der Waals surface area contributed by atoms with Gasteiger partial charge in [-0.15, -0.1) is 0 Å². The van der Waals surface area contributed by atoms with Gasteiger partial charge in [-0.3, -0.25) is 0 Å². The van der Waals surface area contributed by atoms with Crippen LogP contribution in [0, 0.1) is 5.92 Å². The van der Waals surface area contributed by atoms with Crippen LogP contribution in [0.15, 0.2) is 0 Å². The molecule has 0 aromatic rings. The summed E-state index contributed by atoms with van der Waals surface area (Å²) in [5.74, 6) is 0.865. The molecule has 1 aliphatic rings. The van der Waals surface area contributed by atoms with Gasteiger partial charge >= 0.3 is 0 Å². The van der Waals surface area contributed by atoms with Crippen LogP contribution in [-0.2, 0) is 0 Å². The van der Waals surface area contributed by atoms with Crippen molar-refractivity contribution < 1.29 is 0 Å². The second-order valence-corrected chi connectivity index (χ2v) is 2.74. The largest absolute Gasteiger partial charge is 0.330 e. The van der Waals surface area contributed by atoms with Crippen LogP contribution in [0.2, 0.25) is 0 Å². The molecule has 1 nitrogen and oxygen atoms in total. The van der Waals surface area contributed by atoms with Crippen molar-refractivity contribution in [2.45, 2.75) is 59.8 Å². The molecule has 0 aliphatic heterocycles. The first-order valence-corrected chi connectivity index (χ1v) is 5.63. The van der Waals surface area contributed by atoms with Gasteiger partial charge in [0.1, 0.15) is 0 Å². The summed E-state index contributed by atoms with van der Waals surface area (Å²) in [6.07, 6.45) is 7.05. The van der Waals surface area contributed by atoms with Gasteiger partial charge in [0.05, 0.1) is 0 Å². The average molecular weight is 173 g/mol. The van der Waals surface area contributed by atoms with E-state index in [0.717, 1.165) is 12.5 Å². The topological polar surface area (TPSA) is 26.0 Å². The average Bonchev–Trinajstić information content (AvgIpc) is 2.25. The van der Waals surface area contributed by atoms with Crippen molar-refractivity contribution in [2.24, 2.45) is 11.7 Å². The number of hydrogen-bond donors (Lipinski definition) is 1. The molecule has 0 saturated heterocycles. The van der Waals surface area contributed by atoms with Crippen LogP contribution in [0.3, 0.4) is 0 Å². The summed E-state index contributed by atoms with van der Waals surface area (Å²) in [7, 11) is 0. The summed E-state index contributed by atoms with van der Waals surface area (Å²) in [6.45, 7) is 8.92. The van der Waals surface area contributed by atoms with Crippen molar-refractivity contribution in [2.75, 3.05) is 6.54 Å². The summed E-state index contributed by atoms with van der Waals surface area (Å²) in [6, 6.07) is 0. The molecule has 0 amide bonds. The van der Waals surface area contributed by atoms with Gasteiger partial charge in [-0.05, 0) is 25.3 Å². The van der Waals surface area contributed by atoms with Crippen molar-refractivity contribution in [1.82, 2.24) is 0 Å².